The van der Waals surface area contributed by atoms with E-state index in [0.29, 0.717) is 0 Å². The molecule has 0 atom stereocenters. The number of piperazine rings is 1. The Bertz CT molecular complexity index is 788. The average Bonchev–Trinajstić information content (AvgIpc) is 3.50. The molecule has 1 saturated carbocycles. The molecule has 1 aliphatic carbocycles. The zero-order valence-electron chi connectivity index (χ0n) is 14.8. The summed E-state index contributed by atoms with van der Waals surface area (Å²) in [6.45, 7) is 0.890. The van der Waals surface area contributed by atoms with Crippen LogP contribution in [-0.2, 0) is 9.59 Å². The van der Waals surface area contributed by atoms with Gasteiger partial charge in [0.15, 0.2) is 0 Å². The van der Waals surface area contributed by atoms with Crippen LogP contribution in [0.2, 0.25) is 0 Å². The van der Waals surface area contributed by atoms with Crippen molar-refractivity contribution in [3.05, 3.63) is 33.9 Å². The molecule has 9 nitrogen and oxygen atoms in total. The quantitative estimate of drug-likeness (QED) is 0.352. The van der Waals surface area contributed by atoms with Crippen molar-refractivity contribution >= 4 is 35.2 Å². The zero-order chi connectivity index (χ0) is 19.6. The predicted octanol–water partition coefficient (Wildman–Crippen LogP) is 0.880. The number of nitro benzene ring substituents is 1. The lowest BCUT2D eigenvalue weighted by molar-refractivity contribution is -0.385. The number of hydrogen-bond acceptors (Lipinski definition) is 6. The lowest BCUT2D eigenvalue weighted by Crippen LogP contribution is -2.54. The number of thioether (sulfide) groups is 1. The van der Waals surface area contributed by atoms with Crippen LogP contribution in [0.15, 0.2) is 23.1 Å². The van der Waals surface area contributed by atoms with E-state index in [1.807, 2.05) is 6.26 Å². The third-order valence-corrected chi connectivity index (χ3v) is 5.32. The van der Waals surface area contributed by atoms with Crippen LogP contribution in [0.1, 0.15) is 23.2 Å². The minimum absolute atomic E-state index is 0.0399. The predicted molar refractivity (Wildman–Crippen MR) is 98.5 cm³/mol. The number of carbonyl (C=O) groups excluding carboxylic acids is 3. The first-order chi connectivity index (χ1) is 12.9. The van der Waals surface area contributed by atoms with Crippen molar-refractivity contribution < 1.29 is 19.3 Å². The number of amides is 3. The summed E-state index contributed by atoms with van der Waals surface area (Å²) in [5, 5.41) is 13.9. The third kappa shape index (κ3) is 4.38. The van der Waals surface area contributed by atoms with Crippen molar-refractivity contribution in [2.24, 2.45) is 0 Å². The van der Waals surface area contributed by atoms with E-state index in [4.69, 9.17) is 0 Å². The van der Waals surface area contributed by atoms with E-state index < -0.39 is 22.6 Å². The first-order valence-corrected chi connectivity index (χ1v) is 9.84. The second kappa shape index (κ2) is 7.95. The topological polar surface area (TPSA) is 113 Å². The zero-order valence-corrected chi connectivity index (χ0v) is 15.7. The summed E-state index contributed by atoms with van der Waals surface area (Å²) in [4.78, 5) is 51.1. The maximum absolute atomic E-state index is 12.8. The fourth-order valence-electron chi connectivity index (χ4n) is 2.87. The van der Waals surface area contributed by atoms with Gasteiger partial charge in [-0.2, -0.15) is 0 Å². The maximum atomic E-state index is 12.8. The first kappa shape index (κ1) is 19.2. The Labute approximate surface area is 160 Å². The van der Waals surface area contributed by atoms with E-state index in [-0.39, 0.29) is 43.5 Å². The highest BCUT2D eigenvalue weighted by atomic mass is 32.2. The van der Waals surface area contributed by atoms with Gasteiger partial charge >= 0.3 is 11.8 Å². The summed E-state index contributed by atoms with van der Waals surface area (Å²) in [6.07, 6.45) is 3.62. The molecule has 0 aromatic heterocycles. The summed E-state index contributed by atoms with van der Waals surface area (Å²) >= 11 is 1.39. The molecule has 0 radical (unpaired) electrons. The molecule has 0 spiro atoms. The van der Waals surface area contributed by atoms with Crippen LogP contribution in [0.5, 0.6) is 0 Å². The molecule has 3 amide bonds. The van der Waals surface area contributed by atoms with E-state index >= 15 is 0 Å². The first-order valence-electron chi connectivity index (χ1n) is 8.62. The molecule has 1 saturated heterocycles. The Morgan fingerprint density at radius 1 is 1.15 bits per heavy atom. The summed E-state index contributed by atoms with van der Waals surface area (Å²) in [5.74, 6) is -1.64. The second-order valence-electron chi connectivity index (χ2n) is 6.47. The largest absolute Gasteiger partial charge is 0.345 e. The highest BCUT2D eigenvalue weighted by molar-refractivity contribution is 7.98. The normalized spacial score (nSPS) is 16.8. The van der Waals surface area contributed by atoms with Gasteiger partial charge in [0.2, 0.25) is 0 Å². The van der Waals surface area contributed by atoms with Crippen molar-refractivity contribution in [1.82, 2.24) is 15.1 Å². The lowest BCUT2D eigenvalue weighted by atomic mass is 10.1. The van der Waals surface area contributed by atoms with Crippen LogP contribution >= 0.6 is 11.8 Å². The van der Waals surface area contributed by atoms with Crippen LogP contribution < -0.4 is 5.32 Å². The van der Waals surface area contributed by atoms with E-state index in [2.05, 4.69) is 5.32 Å². The van der Waals surface area contributed by atoms with Gasteiger partial charge in [-0.1, -0.05) is 0 Å². The fraction of sp³-hybridized carbons (Fsp3) is 0.471. The molecule has 27 heavy (non-hydrogen) atoms. The highest BCUT2D eigenvalue weighted by Gasteiger charge is 2.33. The van der Waals surface area contributed by atoms with E-state index in [1.54, 1.807) is 6.07 Å². The van der Waals surface area contributed by atoms with E-state index in [1.165, 1.54) is 33.7 Å². The Morgan fingerprint density at radius 3 is 2.33 bits per heavy atom. The highest BCUT2D eigenvalue weighted by Crippen LogP contribution is 2.26. The molecule has 2 aliphatic rings. The Balaban J connectivity index is 1.65. The molecular formula is C17H20N4O5S. The van der Waals surface area contributed by atoms with E-state index in [9.17, 15) is 24.5 Å². The van der Waals surface area contributed by atoms with Crippen LogP contribution in [0.3, 0.4) is 0 Å². The molecule has 1 aromatic rings. The Morgan fingerprint density at radius 2 is 1.78 bits per heavy atom. The van der Waals surface area contributed by atoms with Gasteiger partial charge in [-0.25, -0.2) is 0 Å². The molecule has 0 bridgehead atoms. The maximum Gasteiger partial charge on any atom is 0.312 e. The molecular weight excluding hydrogens is 372 g/mol. The monoisotopic (exact) mass is 392 g/mol. The Kier molecular flexibility index (Phi) is 5.64. The van der Waals surface area contributed by atoms with Crippen molar-refractivity contribution in [3.8, 4) is 0 Å². The van der Waals surface area contributed by atoms with Crippen molar-refractivity contribution in [2.45, 2.75) is 23.8 Å². The number of benzene rings is 1. The number of nitro groups is 1. The molecule has 0 unspecified atom stereocenters. The average molecular weight is 392 g/mol. The molecule has 144 valence electrons. The molecule has 3 rings (SSSR count). The fourth-order valence-corrected chi connectivity index (χ4v) is 3.31. The van der Waals surface area contributed by atoms with Crippen LogP contribution in [-0.4, -0.2) is 70.9 Å². The van der Waals surface area contributed by atoms with Gasteiger partial charge in [0, 0.05) is 43.2 Å². The van der Waals surface area contributed by atoms with Gasteiger partial charge in [0.05, 0.1) is 4.92 Å². The molecule has 1 aromatic carbocycles. The van der Waals surface area contributed by atoms with E-state index in [0.717, 1.165) is 17.7 Å². The SMILES string of the molecule is CSc1ccc([N+](=O)[O-])c(C(=O)N2CCN(C(=O)C(=O)NC3CC3)CC2)c1. The number of hydrogen-bond donors (Lipinski definition) is 1. The number of nitrogens with one attached hydrogen (secondary N) is 1. The molecule has 1 N–H and O–H groups in total. The minimum Gasteiger partial charge on any atom is -0.345 e. The number of rotatable bonds is 4. The smallest absolute Gasteiger partial charge is 0.312 e. The van der Waals surface area contributed by atoms with Gasteiger partial charge in [-0.3, -0.25) is 24.5 Å². The van der Waals surface area contributed by atoms with Crippen LogP contribution in [0.4, 0.5) is 5.69 Å². The molecule has 1 heterocycles. The van der Waals surface area contributed by atoms with Crippen molar-refractivity contribution in [1.29, 1.82) is 0 Å². The van der Waals surface area contributed by atoms with Crippen LogP contribution in [0.25, 0.3) is 0 Å². The summed E-state index contributed by atoms with van der Waals surface area (Å²) in [6, 6.07) is 4.56. The molecule has 10 heteroatoms. The minimum atomic E-state index is -0.611. The summed E-state index contributed by atoms with van der Waals surface area (Å²) in [7, 11) is 0. The van der Waals surface area contributed by atoms with Gasteiger partial charge in [-0.05, 0) is 31.2 Å². The summed E-state index contributed by atoms with van der Waals surface area (Å²) in [5.41, 5.74) is -0.196. The van der Waals surface area contributed by atoms with Crippen molar-refractivity contribution in [2.75, 3.05) is 32.4 Å². The lowest BCUT2D eigenvalue weighted by Gasteiger charge is -2.34. The van der Waals surface area contributed by atoms with Crippen molar-refractivity contribution in [3.63, 3.8) is 0 Å². The number of carbonyl (C=O) groups is 3. The van der Waals surface area contributed by atoms with Gasteiger partial charge in [0.1, 0.15) is 5.56 Å². The molecule has 2 fully saturated rings. The summed E-state index contributed by atoms with van der Waals surface area (Å²) < 4.78 is 0. The number of nitrogens with zero attached hydrogens (tertiary/aromatic N) is 3. The second-order valence-corrected chi connectivity index (χ2v) is 7.35. The van der Waals surface area contributed by atoms with Gasteiger partial charge in [-0.15, -0.1) is 11.8 Å². The van der Waals surface area contributed by atoms with Crippen LogP contribution in [0, 0.1) is 10.1 Å². The standard InChI is InChI=1S/C17H20N4O5S/c1-27-12-4-5-14(21(25)26)13(10-12)16(23)19-6-8-20(9-7-19)17(24)15(22)18-11-2-3-11/h4-5,10-11H,2-3,6-9H2,1H3,(H,18,22). The van der Waals surface area contributed by atoms with Gasteiger partial charge < -0.3 is 15.1 Å². The third-order valence-electron chi connectivity index (χ3n) is 4.59. The Hall–Kier alpha value is -2.62. The van der Waals surface area contributed by atoms with Gasteiger partial charge in [0.25, 0.3) is 11.6 Å². The molecule has 1 aliphatic heterocycles.